The number of para-hydroxylation sites is 3. The van der Waals surface area contributed by atoms with E-state index in [1.165, 1.54) is 23.1 Å². The van der Waals surface area contributed by atoms with E-state index in [0.717, 1.165) is 0 Å². The monoisotopic (exact) mass is 537 g/mol. The largest absolute Gasteiger partial charge is 0.506 e. The molecule has 39 heavy (non-hydrogen) atoms. The molecule has 7 nitrogen and oxygen atoms in total. The van der Waals surface area contributed by atoms with Gasteiger partial charge in [-0.25, -0.2) is 0 Å². The van der Waals surface area contributed by atoms with Crippen molar-refractivity contribution in [2.75, 3.05) is 4.90 Å². The smallest absolute Gasteiger partial charge is 0.294 e. The minimum absolute atomic E-state index is 0.0672. The number of carbonyl (C=O) groups excluding carboxylic acids is 2. The maximum absolute atomic E-state index is 13.9. The highest BCUT2D eigenvalue weighted by Crippen LogP contribution is 2.45. The summed E-state index contributed by atoms with van der Waals surface area (Å²) in [5.74, 6) is -1.44. The fourth-order valence-corrected chi connectivity index (χ4v) is 4.88. The normalized spacial score (nSPS) is 15.3. The van der Waals surface area contributed by atoms with Gasteiger partial charge in [0, 0.05) is 10.4 Å². The van der Waals surface area contributed by atoms with Gasteiger partial charge in [-0.2, -0.15) is 0 Å². The number of amides is 1. The average molecular weight is 538 g/mol. The SMILES string of the molecule is O=C(C1=C(O)C(=O)N(c2ccccc2O)C1c1cccc(Oc2ccccc2)c1)c1cc2cc(Cl)ccc2o1. The second-order valence-corrected chi connectivity index (χ2v) is 9.37. The number of phenols is 1. The van der Waals surface area contributed by atoms with Crippen LogP contribution in [0, 0.1) is 0 Å². The number of hydrogen-bond donors (Lipinski definition) is 2. The maximum atomic E-state index is 13.9. The van der Waals surface area contributed by atoms with Gasteiger partial charge in [0.25, 0.3) is 5.91 Å². The van der Waals surface area contributed by atoms with E-state index in [-0.39, 0.29) is 22.8 Å². The Hall–Kier alpha value is -5.01. The number of benzene rings is 4. The number of ketones is 1. The third-order valence-electron chi connectivity index (χ3n) is 6.45. The number of aromatic hydroxyl groups is 1. The van der Waals surface area contributed by atoms with E-state index < -0.39 is 23.5 Å². The molecular weight excluding hydrogens is 518 g/mol. The lowest BCUT2D eigenvalue weighted by atomic mass is 9.94. The number of fused-ring (bicyclic) bond motifs is 1. The Morgan fingerprint density at radius 2 is 1.59 bits per heavy atom. The Morgan fingerprint density at radius 1 is 0.846 bits per heavy atom. The molecule has 1 aliphatic rings. The van der Waals surface area contributed by atoms with Crippen LogP contribution >= 0.6 is 11.6 Å². The van der Waals surface area contributed by atoms with Crippen molar-refractivity contribution >= 4 is 39.9 Å². The molecule has 1 aliphatic heterocycles. The lowest BCUT2D eigenvalue weighted by molar-refractivity contribution is -0.117. The van der Waals surface area contributed by atoms with Gasteiger partial charge in [-0.15, -0.1) is 0 Å². The first kappa shape index (κ1) is 24.3. The number of ether oxygens (including phenoxy) is 1. The van der Waals surface area contributed by atoms with Gasteiger partial charge in [-0.1, -0.05) is 54.1 Å². The van der Waals surface area contributed by atoms with Crippen molar-refractivity contribution in [1.82, 2.24) is 0 Å². The van der Waals surface area contributed by atoms with Crippen LogP contribution in [-0.4, -0.2) is 21.9 Å². The highest BCUT2D eigenvalue weighted by atomic mass is 35.5. The van der Waals surface area contributed by atoms with Gasteiger partial charge in [0.1, 0.15) is 22.8 Å². The summed E-state index contributed by atoms with van der Waals surface area (Å²) in [7, 11) is 0. The van der Waals surface area contributed by atoms with Crippen molar-refractivity contribution in [3.63, 3.8) is 0 Å². The maximum Gasteiger partial charge on any atom is 0.294 e. The van der Waals surface area contributed by atoms with Crippen LogP contribution in [0.25, 0.3) is 11.0 Å². The number of halogens is 1. The molecular formula is C31H20ClNO6. The minimum Gasteiger partial charge on any atom is -0.506 e. The van der Waals surface area contributed by atoms with Gasteiger partial charge in [0.15, 0.2) is 11.5 Å². The number of carbonyl (C=O) groups is 2. The second-order valence-electron chi connectivity index (χ2n) is 8.94. The predicted octanol–water partition coefficient (Wildman–Crippen LogP) is 7.37. The van der Waals surface area contributed by atoms with Gasteiger partial charge in [0.2, 0.25) is 5.78 Å². The highest BCUT2D eigenvalue weighted by molar-refractivity contribution is 6.31. The number of phenolic OH excluding ortho intramolecular Hbond substituents is 1. The number of rotatable bonds is 6. The number of anilines is 1. The van der Waals surface area contributed by atoms with Gasteiger partial charge in [-0.05, 0) is 66.2 Å². The number of nitrogens with zero attached hydrogens (tertiary/aromatic N) is 1. The number of hydrogen-bond acceptors (Lipinski definition) is 6. The Balaban J connectivity index is 1.48. The van der Waals surface area contributed by atoms with E-state index >= 15 is 0 Å². The molecule has 4 aromatic carbocycles. The first-order valence-corrected chi connectivity index (χ1v) is 12.4. The van der Waals surface area contributed by atoms with E-state index in [2.05, 4.69) is 0 Å². The molecule has 1 atom stereocenters. The quantitative estimate of drug-likeness (QED) is 0.219. The molecule has 0 radical (unpaired) electrons. The summed E-state index contributed by atoms with van der Waals surface area (Å²) >= 11 is 6.09. The van der Waals surface area contributed by atoms with Crippen molar-refractivity contribution < 1.29 is 29.0 Å². The van der Waals surface area contributed by atoms with Crippen molar-refractivity contribution in [2.24, 2.45) is 0 Å². The van der Waals surface area contributed by atoms with Crippen LogP contribution in [0.1, 0.15) is 22.2 Å². The van der Waals surface area contributed by atoms with Crippen LogP contribution < -0.4 is 9.64 Å². The van der Waals surface area contributed by atoms with Crippen molar-refractivity contribution in [3.05, 3.63) is 131 Å². The molecule has 2 heterocycles. The molecule has 192 valence electrons. The van der Waals surface area contributed by atoms with E-state index in [1.807, 2.05) is 18.2 Å². The van der Waals surface area contributed by atoms with Crippen molar-refractivity contribution in [1.29, 1.82) is 0 Å². The molecule has 1 amide bonds. The van der Waals surface area contributed by atoms with E-state index in [9.17, 15) is 19.8 Å². The zero-order valence-corrected chi connectivity index (χ0v) is 21.0. The fourth-order valence-electron chi connectivity index (χ4n) is 4.70. The van der Waals surface area contributed by atoms with Gasteiger partial charge in [0.05, 0.1) is 17.3 Å². The fraction of sp³-hybridized carbons (Fsp3) is 0.0323. The van der Waals surface area contributed by atoms with Gasteiger partial charge >= 0.3 is 0 Å². The van der Waals surface area contributed by atoms with Crippen LogP contribution in [0.15, 0.2) is 119 Å². The summed E-state index contributed by atoms with van der Waals surface area (Å²) in [5, 5.41) is 22.7. The first-order chi connectivity index (χ1) is 18.9. The molecule has 0 aliphatic carbocycles. The molecule has 8 heteroatoms. The Kier molecular flexibility index (Phi) is 6.05. The molecule has 1 unspecified atom stereocenters. The van der Waals surface area contributed by atoms with Crippen LogP contribution in [0.3, 0.4) is 0 Å². The summed E-state index contributed by atoms with van der Waals surface area (Å²) in [5.41, 5.74) is 0.851. The van der Waals surface area contributed by atoms with Gasteiger partial charge < -0.3 is 19.4 Å². The second kappa shape index (κ2) is 9.70. The van der Waals surface area contributed by atoms with Crippen molar-refractivity contribution in [2.45, 2.75) is 6.04 Å². The highest BCUT2D eigenvalue weighted by Gasteiger charge is 2.46. The Bertz CT molecular complexity index is 1770. The molecule has 0 saturated carbocycles. The summed E-state index contributed by atoms with van der Waals surface area (Å²) in [6.07, 6.45) is 0. The molecule has 0 spiro atoms. The summed E-state index contributed by atoms with van der Waals surface area (Å²) in [6.45, 7) is 0. The topological polar surface area (TPSA) is 100 Å². The van der Waals surface area contributed by atoms with Gasteiger partial charge in [-0.3, -0.25) is 14.5 Å². The van der Waals surface area contributed by atoms with Crippen LogP contribution in [0.4, 0.5) is 5.69 Å². The first-order valence-electron chi connectivity index (χ1n) is 12.0. The zero-order chi connectivity index (χ0) is 27.1. The average Bonchev–Trinajstić information content (AvgIpc) is 3.48. The number of furan rings is 1. The third kappa shape index (κ3) is 4.39. The molecule has 5 aromatic rings. The minimum atomic E-state index is -1.09. The molecule has 0 fully saturated rings. The Morgan fingerprint density at radius 3 is 2.38 bits per heavy atom. The molecule has 6 rings (SSSR count). The zero-order valence-electron chi connectivity index (χ0n) is 20.2. The lowest BCUT2D eigenvalue weighted by Gasteiger charge is -2.27. The van der Waals surface area contributed by atoms with Crippen LogP contribution in [-0.2, 0) is 4.79 Å². The summed E-state index contributed by atoms with van der Waals surface area (Å²) in [6, 6.07) is 27.6. The van der Waals surface area contributed by atoms with E-state index in [0.29, 0.717) is 33.1 Å². The summed E-state index contributed by atoms with van der Waals surface area (Å²) < 4.78 is 11.8. The van der Waals surface area contributed by atoms with Crippen molar-refractivity contribution in [3.8, 4) is 17.2 Å². The number of Topliss-reactive ketones (excluding diaryl/α,β-unsaturated/α-hetero) is 1. The number of aliphatic hydroxyl groups is 1. The lowest BCUT2D eigenvalue weighted by Crippen LogP contribution is -2.31. The van der Waals surface area contributed by atoms with E-state index in [1.54, 1.807) is 66.7 Å². The molecule has 0 bridgehead atoms. The molecule has 2 N–H and O–H groups in total. The Labute approximate surface area is 227 Å². The molecule has 0 saturated heterocycles. The predicted molar refractivity (Wildman–Crippen MR) is 147 cm³/mol. The number of aliphatic hydroxyl groups excluding tert-OH is 1. The van der Waals surface area contributed by atoms with Crippen LogP contribution in [0.5, 0.6) is 17.2 Å². The third-order valence-corrected chi connectivity index (χ3v) is 6.68. The summed E-state index contributed by atoms with van der Waals surface area (Å²) in [4.78, 5) is 28.5. The standard InChI is InChI=1S/C31H20ClNO6/c32-20-13-14-25-19(15-20)17-26(39-25)29(35)27-28(33(31(37)30(27)36)23-11-4-5-12-24(23)34)18-7-6-10-22(16-18)38-21-8-2-1-3-9-21/h1-17,28,34,36H. The van der Waals surface area contributed by atoms with E-state index in [4.69, 9.17) is 20.8 Å². The molecule has 1 aromatic heterocycles. The van der Waals surface area contributed by atoms with Crippen LogP contribution in [0.2, 0.25) is 5.02 Å².